The third kappa shape index (κ3) is 3.76. The number of hydrogen-bond acceptors (Lipinski definition) is 5. The van der Waals surface area contributed by atoms with Crippen molar-refractivity contribution >= 4 is 5.91 Å². The third-order valence-corrected chi connectivity index (χ3v) is 4.63. The summed E-state index contributed by atoms with van der Waals surface area (Å²) in [6, 6.07) is 18.2. The van der Waals surface area contributed by atoms with Crippen molar-refractivity contribution in [1.29, 1.82) is 0 Å². The Morgan fingerprint density at radius 2 is 2.00 bits per heavy atom. The smallest absolute Gasteiger partial charge is 0.261 e. The SMILES string of the molecule is COc1cccc(CN2Cc3nc(-c4cccc(O)c4)ccc3OCC2=O)c1. The number of ether oxygens (including phenoxy) is 2. The molecule has 142 valence electrons. The van der Waals surface area contributed by atoms with Gasteiger partial charge in [0.2, 0.25) is 0 Å². The molecule has 0 radical (unpaired) electrons. The van der Waals surface area contributed by atoms with Crippen molar-refractivity contribution in [1.82, 2.24) is 9.88 Å². The Bertz CT molecular complexity index is 1020. The van der Waals surface area contributed by atoms with Crippen molar-refractivity contribution in [2.45, 2.75) is 13.1 Å². The van der Waals surface area contributed by atoms with E-state index in [2.05, 4.69) is 4.98 Å². The minimum absolute atomic E-state index is 0.0237. The van der Waals surface area contributed by atoms with Crippen molar-refractivity contribution in [3.63, 3.8) is 0 Å². The van der Waals surface area contributed by atoms with E-state index >= 15 is 0 Å². The van der Waals surface area contributed by atoms with Crippen molar-refractivity contribution in [2.24, 2.45) is 0 Å². The molecule has 0 bridgehead atoms. The number of phenolic OH excluding ortho intramolecular Hbond substituents is 1. The summed E-state index contributed by atoms with van der Waals surface area (Å²) in [4.78, 5) is 19.0. The lowest BCUT2D eigenvalue weighted by Gasteiger charge is -2.20. The Labute approximate surface area is 163 Å². The molecule has 6 nitrogen and oxygen atoms in total. The number of amides is 1. The summed E-state index contributed by atoms with van der Waals surface area (Å²) in [5, 5.41) is 9.73. The van der Waals surface area contributed by atoms with Gasteiger partial charge in [-0.25, -0.2) is 4.98 Å². The zero-order chi connectivity index (χ0) is 19.5. The zero-order valence-electron chi connectivity index (χ0n) is 15.5. The highest BCUT2D eigenvalue weighted by Gasteiger charge is 2.23. The van der Waals surface area contributed by atoms with Gasteiger partial charge in [-0.15, -0.1) is 0 Å². The normalized spacial score (nSPS) is 13.5. The second kappa shape index (κ2) is 7.60. The third-order valence-electron chi connectivity index (χ3n) is 4.63. The van der Waals surface area contributed by atoms with Gasteiger partial charge in [0.1, 0.15) is 22.9 Å². The molecule has 1 aromatic heterocycles. The minimum atomic E-state index is -0.0975. The van der Waals surface area contributed by atoms with E-state index < -0.39 is 0 Å². The molecule has 0 aliphatic carbocycles. The number of aromatic hydroxyl groups is 1. The van der Waals surface area contributed by atoms with Crippen LogP contribution in [0.1, 0.15) is 11.3 Å². The first kappa shape index (κ1) is 17.9. The maximum atomic E-state index is 12.6. The van der Waals surface area contributed by atoms with Crippen LogP contribution in [0.2, 0.25) is 0 Å². The lowest BCUT2D eigenvalue weighted by atomic mass is 10.1. The number of methoxy groups -OCH3 is 1. The standard InChI is InChI=1S/C22H20N2O4/c1-27-18-7-2-4-15(10-18)12-24-13-20-21(28-14-22(24)26)9-8-19(23-20)16-5-3-6-17(25)11-16/h2-11,25H,12-14H2,1H3. The van der Waals surface area contributed by atoms with Crippen LogP contribution in [0.4, 0.5) is 0 Å². The minimum Gasteiger partial charge on any atom is -0.508 e. The predicted octanol–water partition coefficient (Wildman–Crippen LogP) is 3.38. The van der Waals surface area contributed by atoms with Gasteiger partial charge in [-0.3, -0.25) is 4.79 Å². The monoisotopic (exact) mass is 376 g/mol. The molecular weight excluding hydrogens is 356 g/mol. The molecule has 6 heteroatoms. The molecule has 2 heterocycles. The molecule has 0 fully saturated rings. The number of carbonyl (C=O) groups excluding carboxylic acids is 1. The lowest BCUT2D eigenvalue weighted by Crippen LogP contribution is -2.32. The molecule has 0 saturated heterocycles. The van der Waals surface area contributed by atoms with Crippen LogP contribution in [0, 0.1) is 0 Å². The molecule has 0 atom stereocenters. The number of benzene rings is 2. The highest BCUT2D eigenvalue weighted by atomic mass is 16.5. The number of rotatable bonds is 4. The molecule has 0 spiro atoms. The fourth-order valence-electron chi connectivity index (χ4n) is 3.19. The quantitative estimate of drug-likeness (QED) is 0.756. The van der Waals surface area contributed by atoms with Crippen molar-refractivity contribution in [3.05, 3.63) is 71.9 Å². The van der Waals surface area contributed by atoms with Gasteiger partial charge in [0, 0.05) is 12.1 Å². The molecule has 1 amide bonds. The van der Waals surface area contributed by atoms with Crippen molar-refractivity contribution < 1.29 is 19.4 Å². The largest absolute Gasteiger partial charge is 0.508 e. The van der Waals surface area contributed by atoms with Crippen LogP contribution in [0.3, 0.4) is 0 Å². The fraction of sp³-hybridized carbons (Fsp3) is 0.182. The average molecular weight is 376 g/mol. The number of pyridine rings is 1. The molecule has 1 N–H and O–H groups in total. The maximum Gasteiger partial charge on any atom is 0.261 e. The second-order valence-corrected chi connectivity index (χ2v) is 6.58. The first-order valence-electron chi connectivity index (χ1n) is 8.95. The molecule has 1 aliphatic rings. The Hall–Kier alpha value is -3.54. The van der Waals surface area contributed by atoms with Gasteiger partial charge in [0.25, 0.3) is 5.91 Å². The summed E-state index contributed by atoms with van der Waals surface area (Å²) in [7, 11) is 1.62. The molecule has 28 heavy (non-hydrogen) atoms. The molecule has 0 saturated carbocycles. The summed E-state index contributed by atoms with van der Waals surface area (Å²) in [5.41, 5.74) is 3.18. The Morgan fingerprint density at radius 3 is 2.82 bits per heavy atom. The summed E-state index contributed by atoms with van der Waals surface area (Å²) in [5.74, 6) is 1.44. The van der Waals surface area contributed by atoms with Gasteiger partial charge in [0.05, 0.1) is 19.3 Å². The first-order chi connectivity index (χ1) is 13.6. The van der Waals surface area contributed by atoms with E-state index in [4.69, 9.17) is 9.47 Å². The van der Waals surface area contributed by atoms with Gasteiger partial charge in [-0.1, -0.05) is 24.3 Å². The van der Waals surface area contributed by atoms with Gasteiger partial charge >= 0.3 is 0 Å². The number of nitrogens with zero attached hydrogens (tertiary/aromatic N) is 2. The van der Waals surface area contributed by atoms with E-state index in [-0.39, 0.29) is 18.3 Å². The maximum absolute atomic E-state index is 12.6. The zero-order valence-corrected chi connectivity index (χ0v) is 15.5. The Kier molecular flexibility index (Phi) is 4.85. The van der Waals surface area contributed by atoms with E-state index in [0.29, 0.717) is 30.2 Å². The number of carbonyl (C=O) groups is 1. The number of phenols is 1. The molecular formula is C22H20N2O4. The van der Waals surface area contributed by atoms with Gasteiger partial charge in [-0.05, 0) is 42.0 Å². The van der Waals surface area contributed by atoms with Crippen LogP contribution < -0.4 is 9.47 Å². The van der Waals surface area contributed by atoms with Crippen LogP contribution in [0.5, 0.6) is 17.2 Å². The van der Waals surface area contributed by atoms with Gasteiger partial charge < -0.3 is 19.5 Å². The van der Waals surface area contributed by atoms with Crippen LogP contribution >= 0.6 is 0 Å². The van der Waals surface area contributed by atoms with Crippen molar-refractivity contribution in [3.8, 4) is 28.5 Å². The molecule has 2 aromatic carbocycles. The van der Waals surface area contributed by atoms with Crippen LogP contribution in [-0.4, -0.2) is 34.6 Å². The van der Waals surface area contributed by atoms with Crippen LogP contribution in [0.15, 0.2) is 60.7 Å². The fourth-order valence-corrected chi connectivity index (χ4v) is 3.19. The highest BCUT2D eigenvalue weighted by Crippen LogP contribution is 2.28. The second-order valence-electron chi connectivity index (χ2n) is 6.58. The Morgan fingerprint density at radius 1 is 1.14 bits per heavy atom. The number of aromatic nitrogens is 1. The Balaban J connectivity index is 1.62. The van der Waals surface area contributed by atoms with E-state index in [0.717, 1.165) is 16.9 Å². The van der Waals surface area contributed by atoms with Gasteiger partial charge in [0.15, 0.2) is 6.61 Å². The summed E-state index contributed by atoms with van der Waals surface area (Å²) in [6.45, 7) is 0.763. The summed E-state index contributed by atoms with van der Waals surface area (Å²) < 4.78 is 10.9. The molecule has 1 aliphatic heterocycles. The number of fused-ring (bicyclic) bond motifs is 1. The molecule has 3 aromatic rings. The topological polar surface area (TPSA) is 71.9 Å². The first-order valence-corrected chi connectivity index (χ1v) is 8.95. The predicted molar refractivity (Wildman–Crippen MR) is 104 cm³/mol. The average Bonchev–Trinajstić information content (AvgIpc) is 2.86. The van der Waals surface area contributed by atoms with Crippen molar-refractivity contribution in [2.75, 3.05) is 13.7 Å². The van der Waals surface area contributed by atoms with Crippen LogP contribution in [0.25, 0.3) is 11.3 Å². The van der Waals surface area contributed by atoms with E-state index in [1.165, 1.54) is 0 Å². The summed E-state index contributed by atoms with van der Waals surface area (Å²) in [6.07, 6.45) is 0. The van der Waals surface area contributed by atoms with Gasteiger partial charge in [-0.2, -0.15) is 0 Å². The van der Waals surface area contributed by atoms with E-state index in [1.807, 2.05) is 42.5 Å². The highest BCUT2D eigenvalue weighted by molar-refractivity contribution is 5.78. The lowest BCUT2D eigenvalue weighted by molar-refractivity contribution is -0.133. The molecule has 0 unspecified atom stereocenters. The number of hydrogen-bond donors (Lipinski definition) is 1. The van der Waals surface area contributed by atoms with Crippen LogP contribution in [-0.2, 0) is 17.9 Å². The summed E-state index contributed by atoms with van der Waals surface area (Å²) >= 11 is 0. The van der Waals surface area contributed by atoms with E-state index in [9.17, 15) is 9.90 Å². The van der Waals surface area contributed by atoms with E-state index in [1.54, 1.807) is 30.2 Å². The molecule has 4 rings (SSSR count).